The van der Waals surface area contributed by atoms with E-state index in [2.05, 4.69) is 34.8 Å². The molecule has 0 aromatic rings. The van der Waals surface area contributed by atoms with Gasteiger partial charge < -0.3 is 49.9 Å². The molecule has 2 fully saturated rings. The van der Waals surface area contributed by atoms with Gasteiger partial charge in [-0.1, -0.05) is 200 Å². The van der Waals surface area contributed by atoms with E-state index >= 15 is 0 Å². The van der Waals surface area contributed by atoms with Crippen LogP contribution in [0.1, 0.15) is 245 Å². The van der Waals surface area contributed by atoms with Crippen LogP contribution < -0.4 is 50.6 Å². The Balaban J connectivity index is 0.0000296. The first-order valence-electron chi connectivity index (χ1n) is 30.3. The first-order chi connectivity index (χ1) is 37.0. The first kappa shape index (κ1) is 73.5. The molecular formula is C57H106N4NaO13PS. The van der Waals surface area contributed by atoms with Crippen molar-refractivity contribution in [2.75, 3.05) is 65.1 Å². The first-order valence-corrected chi connectivity index (χ1v) is 32.9. The molecule has 0 aromatic heterocycles. The van der Waals surface area contributed by atoms with Crippen LogP contribution >= 0.6 is 19.6 Å². The van der Waals surface area contributed by atoms with Gasteiger partial charge in [-0.3, -0.25) is 23.4 Å². The van der Waals surface area contributed by atoms with Gasteiger partial charge in [-0.25, -0.2) is 9.36 Å². The SMILES string of the molecule is CCCCCCCCCCCCCCCCCC(=O)OC[C@H](COP(=O)(O)OCCNC(=O)COCCOCCN=C([O-])CCCC[C@@H]1SC[C@@H]2NC(=O)N[C@@H]21)OC(=O)CCCCCCCCCCCCCCCCC.[Na+]. The molecule has 0 bridgehead atoms. The number of carbonyl (C=O) groups is 4. The van der Waals surface area contributed by atoms with E-state index in [0.29, 0.717) is 24.5 Å². The Bertz CT molecular complexity index is 1560. The fourth-order valence-electron chi connectivity index (χ4n) is 9.48. The number of ether oxygens (including phenoxy) is 4. The zero-order chi connectivity index (χ0) is 55.0. The minimum absolute atomic E-state index is 0. The molecule has 4 N–H and O–H groups in total. The van der Waals surface area contributed by atoms with Crippen molar-refractivity contribution in [3.05, 3.63) is 0 Å². The Kier molecular flexibility index (Phi) is 49.1. The molecule has 2 rings (SSSR count). The van der Waals surface area contributed by atoms with Crippen molar-refractivity contribution in [3.8, 4) is 0 Å². The number of unbranched alkanes of at least 4 members (excludes halogenated alkanes) is 29. The van der Waals surface area contributed by atoms with Crippen molar-refractivity contribution in [2.45, 2.75) is 268 Å². The molecule has 5 atom stereocenters. The molecule has 2 heterocycles. The number of urea groups is 1. The second-order valence-corrected chi connectivity index (χ2v) is 23.7. The quantitative estimate of drug-likeness (QED) is 0.00849. The topological polar surface area (TPSA) is 232 Å². The predicted molar refractivity (Wildman–Crippen MR) is 303 cm³/mol. The van der Waals surface area contributed by atoms with E-state index in [9.17, 15) is 33.7 Å². The molecule has 0 aromatic carbocycles. The third kappa shape index (κ3) is 43.9. The second-order valence-electron chi connectivity index (χ2n) is 20.9. The number of nitrogens with zero attached hydrogens (tertiary/aromatic N) is 1. The maximum atomic E-state index is 12.9. The molecule has 77 heavy (non-hydrogen) atoms. The molecule has 2 aliphatic heterocycles. The van der Waals surface area contributed by atoms with Gasteiger partial charge in [-0.15, -0.1) is 0 Å². The molecule has 0 spiro atoms. The van der Waals surface area contributed by atoms with Gasteiger partial charge in [0.25, 0.3) is 0 Å². The molecule has 1 unspecified atom stereocenters. The van der Waals surface area contributed by atoms with E-state index in [1.54, 1.807) is 0 Å². The third-order valence-electron chi connectivity index (χ3n) is 14.0. The second kappa shape index (κ2) is 51.4. The molecule has 0 aliphatic carbocycles. The number of hydrogen-bond acceptors (Lipinski definition) is 14. The largest absolute Gasteiger partial charge is 1.00 e. The minimum atomic E-state index is -4.63. The van der Waals surface area contributed by atoms with Gasteiger partial charge in [0.05, 0.1) is 51.7 Å². The Morgan fingerprint density at radius 1 is 0.649 bits per heavy atom. The summed E-state index contributed by atoms with van der Waals surface area (Å²) in [5.74, 6) is -0.645. The van der Waals surface area contributed by atoms with Gasteiger partial charge in [-0.05, 0) is 38.0 Å². The van der Waals surface area contributed by atoms with Crippen LogP contribution in [0.3, 0.4) is 0 Å². The summed E-state index contributed by atoms with van der Waals surface area (Å²) < 4.78 is 44.8. The molecule has 0 saturated carbocycles. The van der Waals surface area contributed by atoms with Crippen LogP contribution in [-0.4, -0.2) is 123 Å². The van der Waals surface area contributed by atoms with Crippen LogP contribution in [0.4, 0.5) is 4.79 Å². The van der Waals surface area contributed by atoms with Crippen LogP contribution in [0.2, 0.25) is 0 Å². The summed E-state index contributed by atoms with van der Waals surface area (Å²) in [4.78, 5) is 63.7. The van der Waals surface area contributed by atoms with E-state index in [4.69, 9.17) is 28.0 Å². The van der Waals surface area contributed by atoms with Crippen LogP contribution in [-0.2, 0) is 46.9 Å². The Labute approximate surface area is 492 Å². The average molecular weight is 1140 g/mol. The summed E-state index contributed by atoms with van der Waals surface area (Å²) in [6.45, 7) is 3.74. The molecule has 2 aliphatic rings. The average Bonchev–Trinajstić information content (AvgIpc) is 3.96. The number of esters is 2. The van der Waals surface area contributed by atoms with E-state index in [0.717, 1.165) is 63.5 Å². The Hall–Kier alpha value is -1.47. The van der Waals surface area contributed by atoms with Crippen LogP contribution in [0.5, 0.6) is 0 Å². The molecule has 0 radical (unpaired) electrons. The van der Waals surface area contributed by atoms with Gasteiger partial charge in [0.15, 0.2) is 6.10 Å². The number of thioether (sulfide) groups is 1. The predicted octanol–water partition coefficient (Wildman–Crippen LogP) is 8.74. The molecule has 3 amide bonds. The number of phosphoric ester groups is 1. The number of carbonyl (C=O) groups excluding carboxylic acids is 4. The van der Waals surface area contributed by atoms with Gasteiger partial charge in [0, 0.05) is 30.4 Å². The monoisotopic (exact) mass is 1140 g/mol. The summed E-state index contributed by atoms with van der Waals surface area (Å²) in [7, 11) is -4.63. The standard InChI is InChI=1S/C57H107N4O13PS.Na/c1-3-5-7-9-11-13-15-17-19-21-23-25-27-29-31-37-54(64)71-45-49(74-55(65)38-32-30-28-26-24-22-20-18-16-14-12-10-8-6-4-2)46-73-75(67,68)72-42-40-59-53(63)47-70-44-43-69-41-39-58-52(62)36-34-33-35-51-56-50(48-76-51)60-57(66)61-56;/h49-51,56H,3-48H2,1-2H3,(H,58,62)(H,59,63)(H,67,68)(H2,60,61,66);/q;+1/p-1/t49-,50+,51+,56+;/m1./s1. The molecule has 20 heteroatoms. The smallest absolute Gasteiger partial charge is 0.862 e. The van der Waals surface area contributed by atoms with Gasteiger partial charge >= 0.3 is 55.3 Å². The maximum absolute atomic E-state index is 12.9. The van der Waals surface area contributed by atoms with Crippen molar-refractivity contribution >= 4 is 49.4 Å². The number of aliphatic imine (C=N–C) groups is 1. The summed E-state index contributed by atoms with van der Waals surface area (Å²) in [5.41, 5.74) is 0. The number of hydrogen-bond donors (Lipinski definition) is 4. The number of amides is 3. The van der Waals surface area contributed by atoms with E-state index in [1.165, 1.54) is 141 Å². The van der Waals surface area contributed by atoms with E-state index < -0.39 is 38.4 Å². The zero-order valence-electron chi connectivity index (χ0n) is 48.5. The Morgan fingerprint density at radius 3 is 1.69 bits per heavy atom. The zero-order valence-corrected chi connectivity index (χ0v) is 52.2. The van der Waals surface area contributed by atoms with Crippen molar-refractivity contribution in [1.29, 1.82) is 0 Å². The van der Waals surface area contributed by atoms with Crippen molar-refractivity contribution < 1.29 is 91.3 Å². The number of phosphoric acid groups is 1. The number of rotatable bonds is 55. The molecule has 2 saturated heterocycles. The maximum Gasteiger partial charge on any atom is 1.00 e. The molecule has 444 valence electrons. The van der Waals surface area contributed by atoms with Gasteiger partial charge in [0.1, 0.15) is 13.2 Å². The van der Waals surface area contributed by atoms with Crippen molar-refractivity contribution in [3.63, 3.8) is 0 Å². The summed E-state index contributed by atoms with van der Waals surface area (Å²) in [5, 5.41) is 21.0. The van der Waals surface area contributed by atoms with Gasteiger partial charge in [-0.2, -0.15) is 11.8 Å². The van der Waals surface area contributed by atoms with Crippen molar-refractivity contribution in [1.82, 2.24) is 16.0 Å². The summed E-state index contributed by atoms with van der Waals surface area (Å²) >= 11 is 1.86. The number of fused-ring (bicyclic) bond motifs is 1. The van der Waals surface area contributed by atoms with E-state index in [1.807, 2.05) is 11.8 Å². The Morgan fingerprint density at radius 2 is 1.14 bits per heavy atom. The van der Waals surface area contributed by atoms with Gasteiger partial charge in [0.2, 0.25) is 5.91 Å². The third-order valence-corrected chi connectivity index (χ3v) is 16.5. The fraction of sp³-hybridized carbons (Fsp3) is 0.912. The molecule has 17 nitrogen and oxygen atoms in total. The molecular weight excluding hydrogens is 1030 g/mol. The minimum Gasteiger partial charge on any atom is -0.862 e. The van der Waals surface area contributed by atoms with Crippen LogP contribution in [0.25, 0.3) is 0 Å². The fourth-order valence-corrected chi connectivity index (χ4v) is 11.8. The van der Waals surface area contributed by atoms with Crippen LogP contribution in [0, 0.1) is 0 Å². The van der Waals surface area contributed by atoms with Crippen LogP contribution in [0.15, 0.2) is 4.99 Å². The van der Waals surface area contributed by atoms with Crippen molar-refractivity contribution in [2.24, 2.45) is 4.99 Å². The number of nitrogens with one attached hydrogen (secondary N) is 3. The summed E-state index contributed by atoms with van der Waals surface area (Å²) in [6, 6.07) is 0.262. The van der Waals surface area contributed by atoms with E-state index in [-0.39, 0.29) is 119 Å². The normalized spacial score (nSPS) is 17.3. The summed E-state index contributed by atoms with van der Waals surface area (Å²) in [6.07, 6.45) is 38.7.